The van der Waals surface area contributed by atoms with Crippen LogP contribution >= 0.6 is 11.6 Å². The van der Waals surface area contributed by atoms with Crippen molar-refractivity contribution in [3.05, 3.63) is 58.4 Å². The van der Waals surface area contributed by atoms with Crippen LogP contribution in [-0.4, -0.2) is 32.1 Å². The van der Waals surface area contributed by atoms with Crippen LogP contribution in [-0.2, 0) is 9.59 Å². The number of imide groups is 2. The predicted molar refractivity (Wildman–Crippen MR) is 100.0 cm³/mol. The highest BCUT2D eigenvalue weighted by molar-refractivity contribution is 6.39. The molecular weight excluding hydrogens is 391 g/mol. The molecule has 0 aromatic heterocycles. The minimum atomic E-state index is -0.927. The summed E-state index contributed by atoms with van der Waals surface area (Å²) in [6.07, 6.45) is 1.27. The molecule has 0 bridgehead atoms. The Morgan fingerprint density at radius 1 is 1.07 bits per heavy atom. The minimum Gasteiger partial charge on any atom is -0.493 e. The summed E-state index contributed by atoms with van der Waals surface area (Å²) >= 11 is 6.15. The third kappa shape index (κ3) is 3.54. The minimum absolute atomic E-state index is 0.118. The summed E-state index contributed by atoms with van der Waals surface area (Å²) in [5.41, 5.74) is 0.203. The van der Waals surface area contributed by atoms with Crippen molar-refractivity contribution < 1.29 is 28.2 Å². The zero-order valence-corrected chi connectivity index (χ0v) is 15.5. The maximum absolute atomic E-state index is 13.1. The van der Waals surface area contributed by atoms with Gasteiger partial charge in [0.2, 0.25) is 0 Å². The van der Waals surface area contributed by atoms with Gasteiger partial charge in [0.1, 0.15) is 11.4 Å². The Balaban J connectivity index is 2.04. The Bertz CT molecular complexity index is 1000. The summed E-state index contributed by atoms with van der Waals surface area (Å²) in [5.74, 6) is -1.64. The molecule has 1 N–H and O–H groups in total. The second-order valence-corrected chi connectivity index (χ2v) is 6.08. The van der Waals surface area contributed by atoms with E-state index < -0.39 is 23.7 Å². The number of urea groups is 1. The fourth-order valence-electron chi connectivity index (χ4n) is 2.67. The number of carbonyl (C=O) groups is 3. The van der Waals surface area contributed by atoms with Gasteiger partial charge in [-0.2, -0.15) is 0 Å². The highest BCUT2D eigenvalue weighted by Crippen LogP contribution is 2.36. The SMILES string of the molecule is COc1cc(/C=C2\C(=O)NC(=O)N(c3ccc(F)cc3)C2=O)cc(Cl)c1OC. The van der Waals surface area contributed by atoms with Gasteiger partial charge < -0.3 is 9.47 Å². The molecule has 1 aliphatic rings. The van der Waals surface area contributed by atoms with Crippen LogP contribution in [0.15, 0.2) is 42.0 Å². The summed E-state index contributed by atoms with van der Waals surface area (Å²) < 4.78 is 23.5. The first-order valence-corrected chi connectivity index (χ1v) is 8.32. The summed E-state index contributed by atoms with van der Waals surface area (Å²) in [5, 5.41) is 2.30. The lowest BCUT2D eigenvalue weighted by atomic mass is 10.1. The number of rotatable bonds is 4. The van der Waals surface area contributed by atoms with Crippen molar-refractivity contribution in [3.8, 4) is 11.5 Å². The normalized spacial score (nSPS) is 15.6. The molecule has 1 aliphatic heterocycles. The molecule has 0 unspecified atom stereocenters. The van der Waals surface area contributed by atoms with Gasteiger partial charge in [0.25, 0.3) is 11.8 Å². The van der Waals surface area contributed by atoms with Gasteiger partial charge in [-0.1, -0.05) is 11.6 Å². The first kappa shape index (κ1) is 19.4. The van der Waals surface area contributed by atoms with E-state index in [0.29, 0.717) is 17.1 Å². The van der Waals surface area contributed by atoms with Crippen molar-refractivity contribution in [2.75, 3.05) is 19.1 Å². The molecule has 7 nitrogen and oxygen atoms in total. The van der Waals surface area contributed by atoms with Crippen molar-refractivity contribution >= 4 is 41.2 Å². The number of amides is 4. The molecule has 1 fully saturated rings. The number of hydrogen-bond donors (Lipinski definition) is 1. The molecule has 0 aliphatic carbocycles. The van der Waals surface area contributed by atoms with Gasteiger partial charge in [0, 0.05) is 0 Å². The van der Waals surface area contributed by atoms with Gasteiger partial charge in [-0.15, -0.1) is 0 Å². The number of methoxy groups -OCH3 is 2. The van der Waals surface area contributed by atoms with Crippen molar-refractivity contribution in [3.63, 3.8) is 0 Å². The number of hydrogen-bond acceptors (Lipinski definition) is 5. The molecule has 0 atom stereocenters. The summed E-state index contributed by atoms with van der Waals surface area (Å²) in [6.45, 7) is 0. The standard InChI is InChI=1S/C19H14ClFN2O5/c1-27-15-9-10(8-14(20)16(15)28-2)7-13-17(24)22-19(26)23(18(13)25)12-5-3-11(21)4-6-12/h3-9H,1-2H3,(H,22,24,26)/b13-7+. The van der Waals surface area contributed by atoms with E-state index in [-0.39, 0.29) is 16.3 Å². The number of halogens is 2. The van der Waals surface area contributed by atoms with E-state index in [1.54, 1.807) is 0 Å². The summed E-state index contributed by atoms with van der Waals surface area (Å²) in [7, 11) is 2.84. The van der Waals surface area contributed by atoms with E-state index in [1.807, 2.05) is 0 Å². The first-order chi connectivity index (χ1) is 13.3. The van der Waals surface area contributed by atoms with Crippen LogP contribution in [0.25, 0.3) is 6.08 Å². The molecule has 28 heavy (non-hydrogen) atoms. The number of nitrogens with zero attached hydrogens (tertiary/aromatic N) is 1. The molecule has 1 heterocycles. The van der Waals surface area contributed by atoms with E-state index in [2.05, 4.69) is 5.32 Å². The number of barbiturate groups is 1. The molecule has 2 aromatic carbocycles. The lowest BCUT2D eigenvalue weighted by Crippen LogP contribution is -2.54. The van der Waals surface area contributed by atoms with Crippen molar-refractivity contribution in [1.29, 1.82) is 0 Å². The Hall–Kier alpha value is -3.39. The number of carbonyl (C=O) groups excluding carboxylic acids is 3. The van der Waals surface area contributed by atoms with Gasteiger partial charge in [-0.25, -0.2) is 14.1 Å². The molecule has 9 heteroatoms. The van der Waals surface area contributed by atoms with Crippen LogP contribution in [0.4, 0.5) is 14.9 Å². The predicted octanol–water partition coefficient (Wildman–Crippen LogP) is 3.16. The number of anilines is 1. The first-order valence-electron chi connectivity index (χ1n) is 7.94. The average Bonchev–Trinajstić information content (AvgIpc) is 2.66. The van der Waals surface area contributed by atoms with Crippen LogP contribution in [0.5, 0.6) is 11.5 Å². The van der Waals surface area contributed by atoms with E-state index in [1.165, 1.54) is 44.6 Å². The highest BCUT2D eigenvalue weighted by Gasteiger charge is 2.36. The Kier molecular flexibility index (Phi) is 5.32. The van der Waals surface area contributed by atoms with Crippen molar-refractivity contribution in [1.82, 2.24) is 5.32 Å². The maximum atomic E-state index is 13.1. The number of ether oxygens (including phenoxy) is 2. The van der Waals surface area contributed by atoms with Crippen LogP contribution in [0.1, 0.15) is 5.56 Å². The quantitative estimate of drug-likeness (QED) is 0.625. The molecule has 4 amide bonds. The summed E-state index contributed by atoms with van der Waals surface area (Å²) in [6, 6.07) is 6.80. The van der Waals surface area contributed by atoms with Crippen LogP contribution in [0.2, 0.25) is 5.02 Å². The smallest absolute Gasteiger partial charge is 0.335 e. The van der Waals surface area contributed by atoms with Gasteiger partial charge in [-0.05, 0) is 48.0 Å². The van der Waals surface area contributed by atoms with Gasteiger partial charge in [0.05, 0.1) is 24.9 Å². The Morgan fingerprint density at radius 2 is 1.75 bits per heavy atom. The molecular formula is C19H14ClFN2O5. The lowest BCUT2D eigenvalue weighted by Gasteiger charge is -2.26. The number of nitrogens with one attached hydrogen (secondary N) is 1. The van der Waals surface area contributed by atoms with Crippen molar-refractivity contribution in [2.24, 2.45) is 0 Å². The van der Waals surface area contributed by atoms with Gasteiger partial charge in [0.15, 0.2) is 11.5 Å². The zero-order valence-electron chi connectivity index (χ0n) is 14.8. The van der Waals surface area contributed by atoms with Crippen LogP contribution < -0.4 is 19.7 Å². The second-order valence-electron chi connectivity index (χ2n) is 5.67. The largest absolute Gasteiger partial charge is 0.493 e. The Morgan fingerprint density at radius 3 is 2.36 bits per heavy atom. The third-order valence-electron chi connectivity index (χ3n) is 3.95. The lowest BCUT2D eigenvalue weighted by molar-refractivity contribution is -0.122. The van der Waals surface area contributed by atoms with E-state index in [4.69, 9.17) is 21.1 Å². The third-order valence-corrected chi connectivity index (χ3v) is 4.23. The maximum Gasteiger partial charge on any atom is 0.335 e. The zero-order chi connectivity index (χ0) is 20.4. The molecule has 144 valence electrons. The fourth-order valence-corrected chi connectivity index (χ4v) is 2.97. The van der Waals surface area contributed by atoms with Gasteiger partial charge in [-0.3, -0.25) is 14.9 Å². The van der Waals surface area contributed by atoms with E-state index in [0.717, 1.165) is 17.0 Å². The molecule has 3 rings (SSSR count). The van der Waals surface area contributed by atoms with Crippen molar-refractivity contribution in [2.45, 2.75) is 0 Å². The average molecular weight is 405 g/mol. The molecule has 2 aromatic rings. The van der Waals surface area contributed by atoms with Gasteiger partial charge >= 0.3 is 6.03 Å². The monoisotopic (exact) mass is 404 g/mol. The molecule has 0 spiro atoms. The van der Waals surface area contributed by atoms with Crippen LogP contribution in [0, 0.1) is 5.82 Å². The topological polar surface area (TPSA) is 84.9 Å². The number of benzene rings is 2. The molecule has 1 saturated heterocycles. The molecule has 0 radical (unpaired) electrons. The summed E-state index contributed by atoms with van der Waals surface area (Å²) in [4.78, 5) is 37.9. The Labute approximate surface area is 164 Å². The fraction of sp³-hybridized carbons (Fsp3) is 0.105. The second kappa shape index (κ2) is 7.69. The van der Waals surface area contributed by atoms with E-state index >= 15 is 0 Å². The van der Waals surface area contributed by atoms with Crippen LogP contribution in [0.3, 0.4) is 0 Å². The van der Waals surface area contributed by atoms with E-state index in [9.17, 15) is 18.8 Å². The highest BCUT2D eigenvalue weighted by atomic mass is 35.5. The molecule has 0 saturated carbocycles.